The van der Waals surface area contributed by atoms with Crippen molar-refractivity contribution >= 4 is 0 Å². The Balaban J connectivity index is 1.53. The van der Waals surface area contributed by atoms with Crippen molar-refractivity contribution in [3.8, 4) is 0 Å². The molecule has 1 spiro atoms. The molecule has 3 rings (SSSR count). The smallest absolute Gasteiger partial charge is 0.240 e. The largest absolute Gasteiger partial charge is 0.381 e. The van der Waals surface area contributed by atoms with Crippen LogP contribution < -0.4 is 5.32 Å². The van der Waals surface area contributed by atoms with Crippen LogP contribution in [-0.2, 0) is 16.0 Å². The highest BCUT2D eigenvalue weighted by Crippen LogP contribution is 2.34. The molecule has 6 heteroatoms. The van der Waals surface area contributed by atoms with Gasteiger partial charge in [-0.1, -0.05) is 5.16 Å². The maximum Gasteiger partial charge on any atom is 0.240 e. The summed E-state index contributed by atoms with van der Waals surface area (Å²) in [6, 6.07) is 0.457. The minimum Gasteiger partial charge on any atom is -0.381 e. The number of aromatic nitrogens is 2. The molecule has 0 aromatic carbocycles. The summed E-state index contributed by atoms with van der Waals surface area (Å²) < 4.78 is 16.6. The van der Waals surface area contributed by atoms with Gasteiger partial charge in [0.2, 0.25) is 5.89 Å². The van der Waals surface area contributed by atoms with E-state index in [1.807, 2.05) is 6.92 Å². The Hall–Kier alpha value is -0.980. The Bertz CT molecular complexity index is 410. The predicted octanol–water partition coefficient (Wildman–Crippen LogP) is 1.20. The zero-order valence-corrected chi connectivity index (χ0v) is 11.4. The van der Waals surface area contributed by atoms with Crippen LogP contribution in [0.25, 0.3) is 0 Å². The summed E-state index contributed by atoms with van der Waals surface area (Å²) in [6.07, 6.45) is 4.09. The van der Waals surface area contributed by atoms with Crippen LogP contribution in [0.5, 0.6) is 0 Å². The van der Waals surface area contributed by atoms with Crippen molar-refractivity contribution in [3.05, 3.63) is 11.7 Å². The third kappa shape index (κ3) is 3.13. The van der Waals surface area contributed by atoms with E-state index in [1.165, 1.54) is 0 Å². The van der Waals surface area contributed by atoms with Crippen molar-refractivity contribution in [2.24, 2.45) is 0 Å². The van der Waals surface area contributed by atoms with E-state index >= 15 is 0 Å². The maximum absolute atomic E-state index is 6.02. The third-order valence-electron chi connectivity index (χ3n) is 4.01. The van der Waals surface area contributed by atoms with Crippen molar-refractivity contribution < 1.29 is 14.0 Å². The molecule has 106 valence electrons. The first-order chi connectivity index (χ1) is 9.26. The highest BCUT2D eigenvalue weighted by molar-refractivity contribution is 4.92. The lowest BCUT2D eigenvalue weighted by atomic mass is 9.84. The topological polar surface area (TPSA) is 69.4 Å². The number of rotatable bonds is 3. The molecule has 1 aromatic rings. The van der Waals surface area contributed by atoms with Crippen molar-refractivity contribution in [1.82, 2.24) is 15.5 Å². The third-order valence-corrected chi connectivity index (χ3v) is 4.01. The second-order valence-corrected chi connectivity index (χ2v) is 5.45. The molecule has 1 aromatic heterocycles. The average Bonchev–Trinajstić information content (AvgIpc) is 2.83. The van der Waals surface area contributed by atoms with Crippen molar-refractivity contribution in [3.63, 3.8) is 0 Å². The molecule has 2 saturated heterocycles. The Kier molecular flexibility index (Phi) is 3.81. The van der Waals surface area contributed by atoms with Crippen LogP contribution in [0.4, 0.5) is 0 Å². The van der Waals surface area contributed by atoms with Crippen LogP contribution >= 0.6 is 0 Å². The average molecular weight is 267 g/mol. The molecule has 0 saturated carbocycles. The Morgan fingerprint density at radius 3 is 2.89 bits per heavy atom. The number of nitrogens with zero attached hydrogens (tertiary/aromatic N) is 2. The Morgan fingerprint density at radius 2 is 2.16 bits per heavy atom. The van der Waals surface area contributed by atoms with Gasteiger partial charge in [0.15, 0.2) is 5.82 Å². The summed E-state index contributed by atoms with van der Waals surface area (Å²) in [7, 11) is 0. The minimum absolute atomic E-state index is 0.0267. The van der Waals surface area contributed by atoms with Gasteiger partial charge in [0.25, 0.3) is 0 Å². The second-order valence-electron chi connectivity index (χ2n) is 5.45. The van der Waals surface area contributed by atoms with Gasteiger partial charge in [-0.25, -0.2) is 0 Å². The molecule has 6 nitrogen and oxygen atoms in total. The number of ether oxygens (including phenoxy) is 2. The van der Waals surface area contributed by atoms with Gasteiger partial charge >= 0.3 is 0 Å². The van der Waals surface area contributed by atoms with Gasteiger partial charge in [-0.2, -0.15) is 4.98 Å². The summed E-state index contributed by atoms with van der Waals surface area (Å²) >= 11 is 0. The molecular weight excluding hydrogens is 246 g/mol. The van der Waals surface area contributed by atoms with Crippen LogP contribution in [0.3, 0.4) is 0 Å². The highest BCUT2D eigenvalue weighted by atomic mass is 16.5. The lowest BCUT2D eigenvalue weighted by Gasteiger charge is -2.43. The van der Waals surface area contributed by atoms with Gasteiger partial charge in [-0.15, -0.1) is 0 Å². The van der Waals surface area contributed by atoms with E-state index in [-0.39, 0.29) is 5.60 Å². The first kappa shape index (κ1) is 13.0. The van der Waals surface area contributed by atoms with Crippen LogP contribution in [0.2, 0.25) is 0 Å². The van der Waals surface area contributed by atoms with Crippen molar-refractivity contribution in [2.75, 3.05) is 19.8 Å². The van der Waals surface area contributed by atoms with Crippen molar-refractivity contribution in [1.29, 1.82) is 0 Å². The predicted molar refractivity (Wildman–Crippen MR) is 67.6 cm³/mol. The van der Waals surface area contributed by atoms with Crippen LogP contribution in [-0.4, -0.2) is 41.6 Å². The van der Waals surface area contributed by atoms with Crippen LogP contribution in [0, 0.1) is 6.92 Å². The monoisotopic (exact) mass is 267 g/mol. The zero-order chi connectivity index (χ0) is 13.1. The van der Waals surface area contributed by atoms with E-state index in [0.29, 0.717) is 24.3 Å². The quantitative estimate of drug-likeness (QED) is 0.887. The Morgan fingerprint density at radius 1 is 1.32 bits per heavy atom. The molecule has 1 atom stereocenters. The molecule has 2 aliphatic heterocycles. The standard InChI is InChI=1S/C13H21N3O3/c1-10-15-12(19-16-10)9-14-11-2-5-18-13(8-11)3-6-17-7-4-13/h11,14H,2-9H2,1H3. The van der Waals surface area contributed by atoms with Gasteiger partial charge in [0.05, 0.1) is 12.1 Å². The first-order valence-electron chi connectivity index (χ1n) is 7.00. The number of aryl methyl sites for hydroxylation is 1. The molecule has 0 bridgehead atoms. The van der Waals surface area contributed by atoms with E-state index in [2.05, 4.69) is 15.5 Å². The number of nitrogens with one attached hydrogen (secondary N) is 1. The number of hydrogen-bond acceptors (Lipinski definition) is 6. The SMILES string of the molecule is Cc1noc(CNC2CCOC3(CCOCC3)C2)n1. The molecule has 0 radical (unpaired) electrons. The summed E-state index contributed by atoms with van der Waals surface area (Å²) in [5, 5.41) is 7.30. The first-order valence-corrected chi connectivity index (χ1v) is 7.00. The molecular formula is C13H21N3O3. The number of hydrogen-bond donors (Lipinski definition) is 1. The molecule has 19 heavy (non-hydrogen) atoms. The highest BCUT2D eigenvalue weighted by Gasteiger charge is 2.38. The Labute approximate surface area is 112 Å². The van der Waals surface area contributed by atoms with E-state index in [0.717, 1.165) is 45.5 Å². The molecule has 2 aliphatic rings. The maximum atomic E-state index is 6.02. The van der Waals surface area contributed by atoms with Crippen LogP contribution in [0.1, 0.15) is 37.4 Å². The van der Waals surface area contributed by atoms with E-state index in [9.17, 15) is 0 Å². The summed E-state index contributed by atoms with van der Waals surface area (Å²) in [5.41, 5.74) is 0.0267. The fourth-order valence-corrected chi connectivity index (χ4v) is 2.94. The molecule has 1 N–H and O–H groups in total. The van der Waals surface area contributed by atoms with Gasteiger partial charge in [-0.05, 0) is 32.6 Å². The zero-order valence-electron chi connectivity index (χ0n) is 11.4. The second kappa shape index (κ2) is 5.56. The fraction of sp³-hybridized carbons (Fsp3) is 0.846. The lowest BCUT2D eigenvalue weighted by Crippen LogP contribution is -2.49. The molecule has 0 amide bonds. The normalized spacial score (nSPS) is 26.7. The lowest BCUT2D eigenvalue weighted by molar-refractivity contribution is -0.140. The van der Waals surface area contributed by atoms with Gasteiger partial charge < -0.3 is 19.3 Å². The minimum atomic E-state index is 0.0267. The van der Waals surface area contributed by atoms with E-state index < -0.39 is 0 Å². The molecule has 1 unspecified atom stereocenters. The van der Waals surface area contributed by atoms with Gasteiger partial charge in [0.1, 0.15) is 0 Å². The molecule has 2 fully saturated rings. The van der Waals surface area contributed by atoms with Gasteiger partial charge in [-0.3, -0.25) is 0 Å². The van der Waals surface area contributed by atoms with Gasteiger partial charge in [0, 0.05) is 25.9 Å². The fourth-order valence-electron chi connectivity index (χ4n) is 2.94. The van der Waals surface area contributed by atoms with E-state index in [1.54, 1.807) is 0 Å². The summed E-state index contributed by atoms with van der Waals surface area (Å²) in [6.45, 7) is 4.92. The molecule has 3 heterocycles. The van der Waals surface area contributed by atoms with E-state index in [4.69, 9.17) is 14.0 Å². The molecule has 0 aliphatic carbocycles. The van der Waals surface area contributed by atoms with Crippen molar-refractivity contribution in [2.45, 2.75) is 50.8 Å². The summed E-state index contributed by atoms with van der Waals surface area (Å²) in [5.74, 6) is 1.34. The van der Waals surface area contributed by atoms with Crippen LogP contribution in [0.15, 0.2) is 4.52 Å². The summed E-state index contributed by atoms with van der Waals surface area (Å²) in [4.78, 5) is 4.21.